The van der Waals surface area contributed by atoms with Gasteiger partial charge in [0.25, 0.3) is 0 Å². The molecule has 3 aliphatic carbocycles. The molecule has 0 radical (unpaired) electrons. The van der Waals surface area contributed by atoms with Gasteiger partial charge in [-0.2, -0.15) is 0 Å². The molecule has 2 saturated carbocycles. The molecule has 3 atom stereocenters. The lowest BCUT2D eigenvalue weighted by molar-refractivity contribution is 0.327. The van der Waals surface area contributed by atoms with Crippen LogP contribution in [0.3, 0.4) is 0 Å². The standard InChI is InChI=1S/C47H37N/c1-2-9-33(10-3-1)35-18-24-39(25-19-35)48(41-28-20-34-11-4-5-12-37(34)30-41)40-26-21-36(22-27-40)42-14-8-16-45-46(42)43-13-6-7-15-44(43)47(45)31-32-17-23-38(47)29-32/h1-16,18-22,24-28,30,32,38H,17,23,29,31H2. The molecule has 0 heterocycles. The lowest BCUT2D eigenvalue weighted by Crippen LogP contribution is -2.31. The molecule has 10 rings (SSSR count). The predicted molar refractivity (Wildman–Crippen MR) is 201 cm³/mol. The largest absolute Gasteiger partial charge is 0.310 e. The van der Waals surface area contributed by atoms with Crippen molar-refractivity contribution in [3.8, 4) is 33.4 Å². The van der Waals surface area contributed by atoms with Crippen molar-refractivity contribution in [2.24, 2.45) is 11.8 Å². The minimum Gasteiger partial charge on any atom is -0.310 e. The van der Waals surface area contributed by atoms with Crippen LogP contribution in [0, 0.1) is 11.8 Å². The van der Waals surface area contributed by atoms with Crippen LogP contribution in [0.15, 0.2) is 164 Å². The Bertz CT molecular complexity index is 2300. The van der Waals surface area contributed by atoms with Gasteiger partial charge in [-0.3, -0.25) is 0 Å². The number of anilines is 3. The zero-order valence-corrected chi connectivity index (χ0v) is 27.0. The van der Waals surface area contributed by atoms with E-state index in [9.17, 15) is 0 Å². The average Bonchev–Trinajstić information content (AvgIpc) is 3.86. The van der Waals surface area contributed by atoms with E-state index >= 15 is 0 Å². The summed E-state index contributed by atoms with van der Waals surface area (Å²) in [4.78, 5) is 2.39. The third-order valence-electron chi connectivity index (χ3n) is 11.7. The molecule has 1 heteroatoms. The Morgan fingerprint density at radius 1 is 0.458 bits per heavy atom. The Balaban J connectivity index is 1.08. The molecule has 0 aromatic heterocycles. The van der Waals surface area contributed by atoms with E-state index in [2.05, 4.69) is 169 Å². The average molecular weight is 616 g/mol. The van der Waals surface area contributed by atoms with Gasteiger partial charge in [0.1, 0.15) is 0 Å². The Labute approximate surface area is 283 Å². The monoisotopic (exact) mass is 615 g/mol. The second kappa shape index (κ2) is 10.8. The zero-order valence-electron chi connectivity index (χ0n) is 27.0. The Kier molecular flexibility index (Phi) is 6.24. The number of fused-ring (bicyclic) bond motifs is 9. The van der Waals surface area contributed by atoms with Gasteiger partial charge >= 0.3 is 0 Å². The number of rotatable bonds is 5. The van der Waals surface area contributed by atoms with Crippen molar-refractivity contribution in [2.45, 2.75) is 31.1 Å². The maximum Gasteiger partial charge on any atom is 0.0468 e. The van der Waals surface area contributed by atoms with E-state index in [0.29, 0.717) is 0 Å². The van der Waals surface area contributed by atoms with E-state index in [1.807, 2.05) is 0 Å². The van der Waals surface area contributed by atoms with Crippen LogP contribution in [-0.2, 0) is 5.41 Å². The van der Waals surface area contributed by atoms with E-state index in [-0.39, 0.29) is 5.41 Å². The van der Waals surface area contributed by atoms with Gasteiger partial charge in [-0.25, -0.2) is 0 Å². The molecule has 48 heavy (non-hydrogen) atoms. The molecule has 0 aliphatic heterocycles. The molecule has 7 aromatic carbocycles. The first-order valence-electron chi connectivity index (χ1n) is 17.5. The first-order valence-corrected chi connectivity index (χ1v) is 17.5. The predicted octanol–water partition coefficient (Wildman–Crippen LogP) is 12.7. The lowest BCUT2D eigenvalue weighted by atomic mass is 9.66. The number of hydrogen-bond acceptors (Lipinski definition) is 1. The van der Waals surface area contributed by atoms with Crippen LogP contribution in [0.4, 0.5) is 17.1 Å². The van der Waals surface area contributed by atoms with Crippen LogP contribution in [0.25, 0.3) is 44.2 Å². The van der Waals surface area contributed by atoms with E-state index in [1.54, 1.807) is 11.1 Å². The molecule has 7 aromatic rings. The molecular formula is C47H37N. The van der Waals surface area contributed by atoms with Gasteiger partial charge in [0.15, 0.2) is 0 Å². The third kappa shape index (κ3) is 4.17. The van der Waals surface area contributed by atoms with Crippen molar-refractivity contribution >= 4 is 27.8 Å². The minimum atomic E-state index is 0.198. The van der Waals surface area contributed by atoms with Gasteiger partial charge in [-0.1, -0.05) is 134 Å². The third-order valence-corrected chi connectivity index (χ3v) is 11.7. The molecule has 230 valence electrons. The van der Waals surface area contributed by atoms with E-state index in [1.165, 1.54) is 69.8 Å². The van der Waals surface area contributed by atoms with E-state index in [0.717, 1.165) is 28.9 Å². The molecule has 1 spiro atoms. The molecule has 3 aliphatic rings. The highest BCUT2D eigenvalue weighted by molar-refractivity contribution is 5.94. The summed E-state index contributed by atoms with van der Waals surface area (Å²) in [7, 11) is 0. The number of hydrogen-bond donors (Lipinski definition) is 0. The van der Waals surface area contributed by atoms with Gasteiger partial charge in [-0.15, -0.1) is 0 Å². The number of benzene rings is 7. The molecular weight excluding hydrogens is 579 g/mol. The van der Waals surface area contributed by atoms with Crippen molar-refractivity contribution in [2.75, 3.05) is 4.90 Å². The summed E-state index contributed by atoms with van der Waals surface area (Å²) in [5.41, 5.74) is 14.8. The number of nitrogens with zero attached hydrogens (tertiary/aromatic N) is 1. The Morgan fingerprint density at radius 3 is 1.83 bits per heavy atom. The van der Waals surface area contributed by atoms with Crippen molar-refractivity contribution in [1.29, 1.82) is 0 Å². The highest BCUT2D eigenvalue weighted by atomic mass is 15.1. The highest BCUT2D eigenvalue weighted by Gasteiger charge is 2.56. The summed E-state index contributed by atoms with van der Waals surface area (Å²) in [6.45, 7) is 0. The van der Waals surface area contributed by atoms with Crippen molar-refractivity contribution < 1.29 is 0 Å². The summed E-state index contributed by atoms with van der Waals surface area (Å²) in [5.74, 6) is 1.64. The molecule has 2 bridgehead atoms. The normalized spacial score (nSPS) is 20.2. The van der Waals surface area contributed by atoms with E-state index in [4.69, 9.17) is 0 Å². The highest BCUT2D eigenvalue weighted by Crippen LogP contribution is 2.66. The first kappa shape index (κ1) is 27.7. The maximum absolute atomic E-state index is 2.45. The topological polar surface area (TPSA) is 3.24 Å². The molecule has 0 amide bonds. The molecule has 3 unspecified atom stereocenters. The molecule has 0 saturated heterocycles. The molecule has 0 N–H and O–H groups in total. The van der Waals surface area contributed by atoms with Crippen LogP contribution in [0.2, 0.25) is 0 Å². The second-order valence-electron chi connectivity index (χ2n) is 14.2. The summed E-state index contributed by atoms with van der Waals surface area (Å²) in [6.07, 6.45) is 5.49. The molecule has 1 nitrogen and oxygen atoms in total. The summed E-state index contributed by atoms with van der Waals surface area (Å²) in [6, 6.07) is 60.7. The van der Waals surface area contributed by atoms with Crippen molar-refractivity contribution in [3.63, 3.8) is 0 Å². The lowest BCUT2D eigenvalue weighted by Gasteiger charge is -2.36. The Morgan fingerprint density at radius 2 is 1.08 bits per heavy atom. The van der Waals surface area contributed by atoms with Gasteiger partial charge in [-0.05, 0) is 123 Å². The smallest absolute Gasteiger partial charge is 0.0468 e. The van der Waals surface area contributed by atoms with Crippen LogP contribution < -0.4 is 4.90 Å². The van der Waals surface area contributed by atoms with Crippen molar-refractivity contribution in [1.82, 2.24) is 0 Å². The van der Waals surface area contributed by atoms with Gasteiger partial charge < -0.3 is 4.90 Å². The van der Waals surface area contributed by atoms with Crippen LogP contribution in [0.5, 0.6) is 0 Å². The quantitative estimate of drug-likeness (QED) is 0.186. The molecule has 2 fully saturated rings. The Hall–Kier alpha value is -5.40. The summed E-state index contributed by atoms with van der Waals surface area (Å²) in [5, 5.41) is 2.49. The fourth-order valence-electron chi connectivity index (χ4n) is 9.67. The van der Waals surface area contributed by atoms with Gasteiger partial charge in [0.2, 0.25) is 0 Å². The second-order valence-corrected chi connectivity index (χ2v) is 14.2. The minimum absolute atomic E-state index is 0.198. The first-order chi connectivity index (χ1) is 23.8. The zero-order chi connectivity index (χ0) is 31.7. The fourth-order valence-corrected chi connectivity index (χ4v) is 9.67. The fraction of sp³-hybridized carbons (Fsp3) is 0.149. The van der Waals surface area contributed by atoms with Crippen LogP contribution in [0.1, 0.15) is 36.8 Å². The van der Waals surface area contributed by atoms with Gasteiger partial charge in [0, 0.05) is 22.5 Å². The van der Waals surface area contributed by atoms with E-state index < -0.39 is 0 Å². The van der Waals surface area contributed by atoms with Gasteiger partial charge in [0.05, 0.1) is 0 Å². The van der Waals surface area contributed by atoms with Crippen LogP contribution in [-0.4, -0.2) is 0 Å². The SMILES string of the molecule is c1ccc(-c2ccc(N(c3ccc(-c4cccc5c4-c4ccccc4C54CC5CCC4C5)cc3)c3ccc4ccccc4c3)cc2)cc1. The maximum atomic E-state index is 2.45. The van der Waals surface area contributed by atoms with Crippen molar-refractivity contribution in [3.05, 3.63) is 175 Å². The summed E-state index contributed by atoms with van der Waals surface area (Å²) >= 11 is 0. The summed E-state index contributed by atoms with van der Waals surface area (Å²) < 4.78 is 0. The van der Waals surface area contributed by atoms with Crippen LogP contribution >= 0.6 is 0 Å².